The van der Waals surface area contributed by atoms with Crippen molar-refractivity contribution in [2.45, 2.75) is 6.54 Å². The van der Waals surface area contributed by atoms with Crippen molar-refractivity contribution in [3.8, 4) is 0 Å². The van der Waals surface area contributed by atoms with Crippen molar-refractivity contribution >= 4 is 17.3 Å². The fourth-order valence-corrected chi connectivity index (χ4v) is 1.67. The van der Waals surface area contributed by atoms with Crippen LogP contribution in [-0.2, 0) is 6.54 Å². The van der Waals surface area contributed by atoms with E-state index in [1.807, 2.05) is 6.07 Å². The van der Waals surface area contributed by atoms with Crippen molar-refractivity contribution in [2.24, 2.45) is 0 Å². The highest BCUT2D eigenvalue weighted by molar-refractivity contribution is 6.33. The van der Waals surface area contributed by atoms with Gasteiger partial charge in [-0.3, -0.25) is 4.98 Å². The number of hydrogen-bond donors (Lipinski definition) is 1. The van der Waals surface area contributed by atoms with Gasteiger partial charge in [-0.05, 0) is 17.7 Å². The maximum atomic E-state index is 13.4. The van der Waals surface area contributed by atoms with Gasteiger partial charge in [0, 0.05) is 25.0 Å². The first-order valence-electron chi connectivity index (χ1n) is 4.94. The fraction of sp³-hybridized carbons (Fsp3) is 0.0833. The lowest BCUT2D eigenvalue weighted by Crippen LogP contribution is -2.02. The zero-order valence-corrected chi connectivity index (χ0v) is 9.51. The summed E-state index contributed by atoms with van der Waals surface area (Å²) in [5.41, 5.74) is 0.976. The maximum Gasteiger partial charge on any atom is 0.150 e. The number of pyridine rings is 1. The predicted octanol–water partition coefficient (Wildman–Crippen LogP) is 3.63. The smallest absolute Gasteiger partial charge is 0.150 e. The second-order valence-electron chi connectivity index (χ2n) is 3.46. The van der Waals surface area contributed by atoms with Gasteiger partial charge >= 0.3 is 0 Å². The molecule has 1 aromatic carbocycles. The Bertz CT molecular complexity index is 494. The van der Waals surface area contributed by atoms with Gasteiger partial charge in [-0.1, -0.05) is 17.7 Å². The van der Waals surface area contributed by atoms with Crippen molar-refractivity contribution in [1.82, 2.24) is 4.98 Å². The Kier molecular flexibility index (Phi) is 3.54. The Hall–Kier alpha value is -1.68. The molecule has 0 fully saturated rings. The molecule has 1 N–H and O–H groups in total. The van der Waals surface area contributed by atoms with Crippen molar-refractivity contribution in [2.75, 3.05) is 5.32 Å². The SMILES string of the molecule is Fc1cc(F)c(NCc2cccnc2)c(Cl)c1. The summed E-state index contributed by atoms with van der Waals surface area (Å²) in [5.74, 6) is -1.40. The molecule has 0 atom stereocenters. The highest BCUT2D eigenvalue weighted by Gasteiger charge is 2.09. The lowest BCUT2D eigenvalue weighted by molar-refractivity contribution is 0.585. The zero-order chi connectivity index (χ0) is 12.3. The molecule has 17 heavy (non-hydrogen) atoms. The molecule has 0 aliphatic carbocycles. The molecule has 0 aliphatic heterocycles. The van der Waals surface area contributed by atoms with Gasteiger partial charge in [0.15, 0.2) is 5.82 Å². The first-order chi connectivity index (χ1) is 8.16. The lowest BCUT2D eigenvalue weighted by Gasteiger charge is -2.09. The van der Waals surface area contributed by atoms with Crippen molar-refractivity contribution < 1.29 is 8.78 Å². The molecule has 0 unspecified atom stereocenters. The number of nitrogens with zero attached hydrogens (tertiary/aromatic N) is 1. The van der Waals surface area contributed by atoms with Gasteiger partial charge in [-0.2, -0.15) is 0 Å². The molecule has 0 radical (unpaired) electrons. The van der Waals surface area contributed by atoms with Crippen LogP contribution in [0.25, 0.3) is 0 Å². The molecule has 0 saturated heterocycles. The van der Waals surface area contributed by atoms with Crippen LogP contribution in [0.15, 0.2) is 36.7 Å². The van der Waals surface area contributed by atoms with Crippen LogP contribution in [0.1, 0.15) is 5.56 Å². The van der Waals surface area contributed by atoms with E-state index in [0.29, 0.717) is 6.54 Å². The second kappa shape index (κ2) is 5.10. The molecule has 0 amide bonds. The third-order valence-corrected chi connectivity index (χ3v) is 2.50. The van der Waals surface area contributed by atoms with Gasteiger partial charge in [0.05, 0.1) is 10.7 Å². The van der Waals surface area contributed by atoms with E-state index in [1.165, 1.54) is 0 Å². The average molecular weight is 255 g/mol. The summed E-state index contributed by atoms with van der Waals surface area (Å²) in [6.07, 6.45) is 3.30. The highest BCUT2D eigenvalue weighted by Crippen LogP contribution is 2.26. The lowest BCUT2D eigenvalue weighted by atomic mass is 10.2. The van der Waals surface area contributed by atoms with E-state index in [9.17, 15) is 8.78 Å². The maximum absolute atomic E-state index is 13.4. The van der Waals surface area contributed by atoms with Crippen LogP contribution in [0.5, 0.6) is 0 Å². The zero-order valence-electron chi connectivity index (χ0n) is 8.75. The average Bonchev–Trinajstić information content (AvgIpc) is 2.29. The second-order valence-corrected chi connectivity index (χ2v) is 3.87. The van der Waals surface area contributed by atoms with Gasteiger partial charge in [-0.25, -0.2) is 8.78 Å². The Morgan fingerprint density at radius 1 is 1.29 bits per heavy atom. The summed E-state index contributed by atoms with van der Waals surface area (Å²) >= 11 is 5.74. The minimum absolute atomic E-state index is 0.0198. The summed E-state index contributed by atoms with van der Waals surface area (Å²) in [4.78, 5) is 3.93. The van der Waals surface area contributed by atoms with Gasteiger partial charge in [-0.15, -0.1) is 0 Å². The minimum Gasteiger partial charge on any atom is -0.377 e. The molecule has 0 spiro atoms. The molecule has 1 aromatic heterocycles. The number of hydrogen-bond acceptors (Lipinski definition) is 2. The Balaban J connectivity index is 2.15. The molecule has 1 heterocycles. The van der Waals surface area contributed by atoms with E-state index in [0.717, 1.165) is 17.7 Å². The normalized spacial score (nSPS) is 10.3. The Morgan fingerprint density at radius 2 is 2.12 bits per heavy atom. The van der Waals surface area contributed by atoms with E-state index in [4.69, 9.17) is 11.6 Å². The molecule has 0 aliphatic rings. The van der Waals surface area contributed by atoms with E-state index < -0.39 is 11.6 Å². The Labute approximate surface area is 102 Å². The first-order valence-corrected chi connectivity index (χ1v) is 5.32. The summed E-state index contributed by atoms with van der Waals surface area (Å²) in [6.45, 7) is 0.371. The third-order valence-electron chi connectivity index (χ3n) is 2.20. The van der Waals surface area contributed by atoms with E-state index in [-0.39, 0.29) is 10.7 Å². The van der Waals surface area contributed by atoms with Crippen LogP contribution in [0.3, 0.4) is 0 Å². The largest absolute Gasteiger partial charge is 0.377 e. The van der Waals surface area contributed by atoms with Crippen LogP contribution in [0, 0.1) is 11.6 Å². The number of anilines is 1. The summed E-state index contributed by atoms with van der Waals surface area (Å²) in [7, 11) is 0. The highest BCUT2D eigenvalue weighted by atomic mass is 35.5. The molecule has 0 bridgehead atoms. The van der Waals surface area contributed by atoms with Crippen molar-refractivity contribution in [1.29, 1.82) is 0 Å². The number of halogens is 3. The van der Waals surface area contributed by atoms with Gasteiger partial charge in [0.2, 0.25) is 0 Å². The minimum atomic E-state index is -0.709. The molecule has 88 valence electrons. The fourth-order valence-electron chi connectivity index (χ4n) is 1.40. The van der Waals surface area contributed by atoms with E-state index in [2.05, 4.69) is 10.3 Å². The molecule has 2 rings (SSSR count). The monoisotopic (exact) mass is 254 g/mol. The number of benzene rings is 1. The summed E-state index contributed by atoms with van der Waals surface area (Å²) in [5, 5.41) is 2.83. The van der Waals surface area contributed by atoms with E-state index in [1.54, 1.807) is 18.5 Å². The Morgan fingerprint density at radius 3 is 2.76 bits per heavy atom. The van der Waals surface area contributed by atoms with Crippen molar-refractivity contribution in [3.05, 3.63) is 58.9 Å². The molecule has 5 heteroatoms. The summed E-state index contributed by atoms with van der Waals surface area (Å²) < 4.78 is 26.2. The third kappa shape index (κ3) is 2.91. The summed E-state index contributed by atoms with van der Waals surface area (Å²) in [6, 6.07) is 5.47. The number of rotatable bonds is 3. The first kappa shape index (κ1) is 11.8. The van der Waals surface area contributed by atoms with Crippen LogP contribution in [0.4, 0.5) is 14.5 Å². The van der Waals surface area contributed by atoms with Crippen molar-refractivity contribution in [3.63, 3.8) is 0 Å². The molecule has 2 aromatic rings. The molecule has 0 saturated carbocycles. The standard InChI is InChI=1S/C12H9ClF2N2/c13-10-4-9(14)5-11(15)12(10)17-7-8-2-1-3-16-6-8/h1-6,17H,7H2. The predicted molar refractivity (Wildman–Crippen MR) is 62.9 cm³/mol. The quantitative estimate of drug-likeness (QED) is 0.905. The van der Waals surface area contributed by atoms with Crippen LogP contribution < -0.4 is 5.32 Å². The topological polar surface area (TPSA) is 24.9 Å². The molecular weight excluding hydrogens is 246 g/mol. The van der Waals surface area contributed by atoms with Crippen LogP contribution in [-0.4, -0.2) is 4.98 Å². The molecule has 2 nitrogen and oxygen atoms in total. The van der Waals surface area contributed by atoms with Gasteiger partial charge < -0.3 is 5.32 Å². The van der Waals surface area contributed by atoms with Crippen LogP contribution in [0.2, 0.25) is 5.02 Å². The number of aromatic nitrogens is 1. The van der Waals surface area contributed by atoms with Crippen LogP contribution >= 0.6 is 11.6 Å². The number of nitrogens with one attached hydrogen (secondary N) is 1. The van der Waals surface area contributed by atoms with Gasteiger partial charge in [0.1, 0.15) is 5.82 Å². The molecular formula is C12H9ClF2N2. The van der Waals surface area contributed by atoms with E-state index >= 15 is 0 Å². The van der Waals surface area contributed by atoms with Gasteiger partial charge in [0.25, 0.3) is 0 Å².